The fourth-order valence-electron chi connectivity index (χ4n) is 3.67. The number of nitrogens with zero attached hydrogens (tertiary/aromatic N) is 3. The molecule has 1 aromatic carbocycles. The zero-order chi connectivity index (χ0) is 22.0. The Morgan fingerprint density at radius 2 is 1.87 bits per heavy atom. The molecule has 0 bridgehead atoms. The van der Waals surface area contributed by atoms with E-state index in [0.29, 0.717) is 36.7 Å². The number of Topliss-reactive ketones (excluding diaryl/α,β-unsaturated/α-hetero) is 1. The Hall–Kier alpha value is -3.42. The maximum Gasteiger partial charge on any atom is 0.306 e. The Morgan fingerprint density at radius 1 is 1.10 bits per heavy atom. The molecule has 3 aromatic rings. The van der Waals surface area contributed by atoms with Crippen LogP contribution < -0.4 is 9.47 Å². The average molecular weight is 423 g/mol. The van der Waals surface area contributed by atoms with Crippen molar-refractivity contribution in [2.45, 2.75) is 40.0 Å². The first-order valence-electron chi connectivity index (χ1n) is 10.3. The van der Waals surface area contributed by atoms with E-state index in [0.717, 1.165) is 34.7 Å². The van der Waals surface area contributed by atoms with Gasteiger partial charge in [0.2, 0.25) is 0 Å². The van der Waals surface area contributed by atoms with Gasteiger partial charge in [0.1, 0.15) is 0 Å². The number of hydrogen-bond acceptors (Lipinski definition) is 7. The summed E-state index contributed by atoms with van der Waals surface area (Å²) in [5.74, 6) is 0.441. The molecule has 8 nitrogen and oxygen atoms in total. The smallest absolute Gasteiger partial charge is 0.306 e. The summed E-state index contributed by atoms with van der Waals surface area (Å²) in [7, 11) is 0. The monoisotopic (exact) mass is 423 g/mol. The maximum atomic E-state index is 12.5. The molecule has 0 fully saturated rings. The third kappa shape index (κ3) is 4.52. The molecule has 0 spiro atoms. The van der Waals surface area contributed by atoms with E-state index in [1.54, 1.807) is 22.7 Å². The van der Waals surface area contributed by atoms with Crippen LogP contribution in [0, 0.1) is 20.8 Å². The number of ether oxygens (including phenoxy) is 3. The number of carbonyl (C=O) groups excluding carboxylic acids is 2. The van der Waals surface area contributed by atoms with Crippen molar-refractivity contribution in [3.8, 4) is 11.5 Å². The predicted molar refractivity (Wildman–Crippen MR) is 113 cm³/mol. The fourth-order valence-corrected chi connectivity index (χ4v) is 3.67. The third-order valence-electron chi connectivity index (χ3n) is 5.30. The van der Waals surface area contributed by atoms with Crippen LogP contribution in [-0.2, 0) is 16.0 Å². The van der Waals surface area contributed by atoms with Crippen LogP contribution in [0.1, 0.15) is 45.8 Å². The molecule has 8 heteroatoms. The Balaban J connectivity index is 1.35. The van der Waals surface area contributed by atoms with Gasteiger partial charge in [-0.1, -0.05) is 0 Å². The molecular weight excluding hydrogens is 398 g/mol. The molecule has 1 aliphatic heterocycles. The molecule has 0 unspecified atom stereocenters. The van der Waals surface area contributed by atoms with Crippen molar-refractivity contribution in [3.05, 3.63) is 52.5 Å². The molecule has 0 N–H and O–H groups in total. The third-order valence-corrected chi connectivity index (χ3v) is 5.30. The lowest BCUT2D eigenvalue weighted by Crippen LogP contribution is -2.15. The standard InChI is InChI=1S/C23H25N3O5/c1-14-11-22-24-15(2)18(16(3)26(22)25-14)6-8-23(28)31-13-19(27)17-5-7-20-21(12-17)30-10-4-9-29-20/h5,7,11-12H,4,6,8-10,13H2,1-3H3. The number of esters is 1. The number of ketones is 1. The van der Waals surface area contributed by atoms with Crippen molar-refractivity contribution >= 4 is 17.4 Å². The highest BCUT2D eigenvalue weighted by atomic mass is 16.5. The van der Waals surface area contributed by atoms with Crippen molar-refractivity contribution in [1.29, 1.82) is 0 Å². The normalized spacial score (nSPS) is 13.1. The molecule has 4 rings (SSSR count). The number of aromatic nitrogens is 3. The first-order valence-corrected chi connectivity index (χ1v) is 10.3. The van der Waals surface area contributed by atoms with E-state index in [1.165, 1.54) is 0 Å². The molecular formula is C23H25N3O5. The summed E-state index contributed by atoms with van der Waals surface area (Å²) in [5, 5.41) is 4.45. The largest absolute Gasteiger partial charge is 0.490 e. The van der Waals surface area contributed by atoms with Crippen molar-refractivity contribution in [2.24, 2.45) is 0 Å². The van der Waals surface area contributed by atoms with Gasteiger partial charge in [-0.25, -0.2) is 9.50 Å². The van der Waals surface area contributed by atoms with Crippen molar-refractivity contribution in [2.75, 3.05) is 19.8 Å². The van der Waals surface area contributed by atoms with E-state index in [4.69, 9.17) is 14.2 Å². The van der Waals surface area contributed by atoms with Crippen LogP contribution >= 0.6 is 0 Å². The molecule has 1 aliphatic rings. The minimum Gasteiger partial charge on any atom is -0.490 e. The molecule has 0 atom stereocenters. The zero-order valence-electron chi connectivity index (χ0n) is 17.9. The lowest BCUT2D eigenvalue weighted by molar-refractivity contribution is -0.142. The van der Waals surface area contributed by atoms with Crippen LogP contribution in [0.2, 0.25) is 0 Å². The second kappa shape index (κ2) is 8.75. The maximum absolute atomic E-state index is 12.5. The van der Waals surface area contributed by atoms with Gasteiger partial charge in [0, 0.05) is 35.9 Å². The van der Waals surface area contributed by atoms with Crippen LogP contribution in [0.3, 0.4) is 0 Å². The van der Waals surface area contributed by atoms with Gasteiger partial charge in [0.05, 0.1) is 18.9 Å². The summed E-state index contributed by atoms with van der Waals surface area (Å²) in [5.41, 5.74) is 4.88. The molecule has 31 heavy (non-hydrogen) atoms. The van der Waals surface area contributed by atoms with Crippen LogP contribution in [0.15, 0.2) is 24.3 Å². The molecule has 3 heterocycles. The van der Waals surface area contributed by atoms with E-state index < -0.39 is 5.97 Å². The summed E-state index contributed by atoms with van der Waals surface area (Å²) in [4.78, 5) is 29.3. The Kier molecular flexibility index (Phi) is 5.88. The van der Waals surface area contributed by atoms with E-state index in [9.17, 15) is 9.59 Å². The van der Waals surface area contributed by atoms with Crippen molar-refractivity contribution in [3.63, 3.8) is 0 Å². The number of benzene rings is 1. The minimum atomic E-state index is -0.432. The topological polar surface area (TPSA) is 92.0 Å². The molecule has 0 amide bonds. The molecule has 162 valence electrons. The van der Waals surface area contributed by atoms with Gasteiger partial charge in [-0.3, -0.25) is 9.59 Å². The van der Waals surface area contributed by atoms with Gasteiger partial charge < -0.3 is 14.2 Å². The van der Waals surface area contributed by atoms with Crippen molar-refractivity contribution < 1.29 is 23.8 Å². The number of rotatable bonds is 6. The van der Waals surface area contributed by atoms with Crippen LogP contribution in [0.4, 0.5) is 0 Å². The van der Waals surface area contributed by atoms with Gasteiger partial charge in [0.15, 0.2) is 29.5 Å². The van der Waals surface area contributed by atoms with Crippen molar-refractivity contribution in [1.82, 2.24) is 14.6 Å². The molecule has 2 aromatic heterocycles. The highest BCUT2D eigenvalue weighted by Gasteiger charge is 2.17. The van der Waals surface area contributed by atoms with E-state index in [2.05, 4.69) is 10.1 Å². The summed E-state index contributed by atoms with van der Waals surface area (Å²) in [6.45, 7) is 6.61. The first kappa shape index (κ1) is 20.8. The fraction of sp³-hybridized carbons (Fsp3) is 0.391. The Labute approximate surface area is 180 Å². The lowest BCUT2D eigenvalue weighted by atomic mass is 10.1. The second-order valence-corrected chi connectivity index (χ2v) is 7.61. The first-order chi connectivity index (χ1) is 14.9. The van der Waals surface area contributed by atoms with Crippen LogP contribution in [0.25, 0.3) is 5.65 Å². The second-order valence-electron chi connectivity index (χ2n) is 7.61. The SMILES string of the molecule is Cc1cc2nc(C)c(CCC(=O)OCC(=O)c3ccc4c(c3)OCCCO4)c(C)n2n1. The molecule has 0 radical (unpaired) electrons. The molecule has 0 saturated heterocycles. The summed E-state index contributed by atoms with van der Waals surface area (Å²) in [6.07, 6.45) is 1.41. The predicted octanol–water partition coefficient (Wildman–Crippen LogP) is 3.17. The number of carbonyl (C=O) groups is 2. The van der Waals surface area contributed by atoms with E-state index in [-0.39, 0.29) is 18.8 Å². The summed E-state index contributed by atoms with van der Waals surface area (Å²) >= 11 is 0. The van der Waals surface area contributed by atoms with Gasteiger partial charge in [-0.05, 0) is 51.0 Å². The molecule has 0 saturated carbocycles. The van der Waals surface area contributed by atoms with Gasteiger partial charge in [0.25, 0.3) is 0 Å². The van der Waals surface area contributed by atoms with E-state index in [1.807, 2.05) is 26.8 Å². The Bertz CT molecular complexity index is 1150. The minimum absolute atomic E-state index is 0.156. The van der Waals surface area contributed by atoms with Gasteiger partial charge >= 0.3 is 5.97 Å². The summed E-state index contributed by atoms with van der Waals surface area (Å²) in [6, 6.07) is 6.92. The number of fused-ring (bicyclic) bond motifs is 2. The number of aryl methyl sites for hydroxylation is 3. The van der Waals surface area contributed by atoms with Gasteiger partial charge in [-0.15, -0.1) is 0 Å². The highest BCUT2D eigenvalue weighted by molar-refractivity contribution is 5.98. The Morgan fingerprint density at radius 3 is 2.68 bits per heavy atom. The van der Waals surface area contributed by atoms with E-state index >= 15 is 0 Å². The quantitative estimate of drug-likeness (QED) is 0.444. The highest BCUT2D eigenvalue weighted by Crippen LogP contribution is 2.30. The molecule has 0 aliphatic carbocycles. The summed E-state index contributed by atoms with van der Waals surface area (Å²) < 4.78 is 18.2. The zero-order valence-corrected chi connectivity index (χ0v) is 17.9. The van der Waals surface area contributed by atoms with Crippen LogP contribution in [-0.4, -0.2) is 46.2 Å². The average Bonchev–Trinajstić information content (AvgIpc) is 2.96. The lowest BCUT2D eigenvalue weighted by Gasteiger charge is -2.11. The number of hydrogen-bond donors (Lipinski definition) is 0. The van der Waals surface area contributed by atoms with Gasteiger partial charge in [-0.2, -0.15) is 5.10 Å². The van der Waals surface area contributed by atoms with Crippen LogP contribution in [0.5, 0.6) is 11.5 Å².